The van der Waals surface area contributed by atoms with Crippen molar-refractivity contribution in [3.63, 3.8) is 0 Å². The highest BCUT2D eigenvalue weighted by Crippen LogP contribution is 2.16. The predicted octanol–water partition coefficient (Wildman–Crippen LogP) is 4.80. The maximum absolute atomic E-state index is 12.9. The number of nitrogens with one attached hydrogen (secondary N) is 2. The van der Waals surface area contributed by atoms with E-state index in [1.807, 2.05) is 62.4 Å². The lowest BCUT2D eigenvalue weighted by Crippen LogP contribution is -2.30. The molecule has 0 atom stereocenters. The second-order valence-electron chi connectivity index (χ2n) is 6.70. The van der Waals surface area contributed by atoms with E-state index in [1.165, 1.54) is 0 Å². The van der Waals surface area contributed by atoms with Crippen molar-refractivity contribution in [3.8, 4) is 5.75 Å². The molecule has 0 fully saturated rings. The smallest absolute Gasteiger partial charge is 0.272 e. The molecule has 0 bridgehead atoms. The predicted molar refractivity (Wildman–Crippen MR) is 119 cm³/mol. The molecule has 0 unspecified atom stereocenters. The van der Waals surface area contributed by atoms with Crippen LogP contribution in [-0.4, -0.2) is 18.4 Å². The first-order chi connectivity index (χ1) is 14.5. The Morgan fingerprint density at radius 3 is 2.33 bits per heavy atom. The van der Waals surface area contributed by atoms with Gasteiger partial charge in [-0.2, -0.15) is 0 Å². The maximum Gasteiger partial charge on any atom is 0.272 e. The van der Waals surface area contributed by atoms with E-state index in [0.717, 1.165) is 16.9 Å². The Kier molecular flexibility index (Phi) is 7.00. The largest absolute Gasteiger partial charge is 0.494 e. The number of anilines is 1. The summed E-state index contributed by atoms with van der Waals surface area (Å²) in [5.74, 6) is -0.0142. The summed E-state index contributed by atoms with van der Waals surface area (Å²) in [6, 6.07) is 23.6. The summed E-state index contributed by atoms with van der Waals surface area (Å²) in [6.45, 7) is 4.44. The number of amides is 2. The van der Waals surface area contributed by atoms with E-state index < -0.39 is 5.91 Å². The van der Waals surface area contributed by atoms with Crippen LogP contribution >= 0.6 is 0 Å². The van der Waals surface area contributed by atoms with Gasteiger partial charge in [-0.3, -0.25) is 9.59 Å². The van der Waals surface area contributed by atoms with Crippen LogP contribution in [0.25, 0.3) is 6.08 Å². The van der Waals surface area contributed by atoms with Crippen LogP contribution in [0.1, 0.15) is 28.4 Å². The molecule has 0 aliphatic rings. The summed E-state index contributed by atoms with van der Waals surface area (Å²) < 4.78 is 5.46. The molecule has 0 heterocycles. The molecule has 2 N–H and O–H groups in total. The van der Waals surface area contributed by atoms with Gasteiger partial charge in [-0.1, -0.05) is 42.5 Å². The fourth-order valence-electron chi connectivity index (χ4n) is 2.86. The Labute approximate surface area is 176 Å². The highest BCUT2D eigenvalue weighted by atomic mass is 16.5. The molecule has 3 aromatic carbocycles. The molecular formula is C25H24N2O3. The average Bonchev–Trinajstić information content (AvgIpc) is 2.75. The highest BCUT2D eigenvalue weighted by molar-refractivity contribution is 6.10. The van der Waals surface area contributed by atoms with Crippen molar-refractivity contribution in [2.45, 2.75) is 13.8 Å². The minimum absolute atomic E-state index is 0.148. The number of hydrogen-bond acceptors (Lipinski definition) is 3. The summed E-state index contributed by atoms with van der Waals surface area (Å²) in [7, 11) is 0. The first-order valence-corrected chi connectivity index (χ1v) is 9.74. The van der Waals surface area contributed by atoms with Crippen molar-refractivity contribution in [1.29, 1.82) is 0 Å². The number of carbonyl (C=O) groups excluding carboxylic acids is 2. The third-order valence-corrected chi connectivity index (χ3v) is 4.31. The molecule has 5 nitrogen and oxygen atoms in total. The van der Waals surface area contributed by atoms with Crippen molar-refractivity contribution in [2.24, 2.45) is 0 Å². The molecule has 0 radical (unpaired) electrons. The zero-order valence-electron chi connectivity index (χ0n) is 17.0. The van der Waals surface area contributed by atoms with Crippen molar-refractivity contribution < 1.29 is 14.3 Å². The quantitative estimate of drug-likeness (QED) is 0.560. The fourth-order valence-corrected chi connectivity index (χ4v) is 2.86. The molecule has 3 rings (SSSR count). The first kappa shape index (κ1) is 20.9. The number of ether oxygens (including phenoxy) is 1. The van der Waals surface area contributed by atoms with E-state index in [9.17, 15) is 9.59 Å². The summed E-state index contributed by atoms with van der Waals surface area (Å²) in [4.78, 5) is 25.6. The van der Waals surface area contributed by atoms with Gasteiger partial charge < -0.3 is 15.4 Å². The van der Waals surface area contributed by atoms with Crippen LogP contribution in [0.2, 0.25) is 0 Å². The van der Waals surface area contributed by atoms with Crippen LogP contribution in [0, 0.1) is 6.92 Å². The van der Waals surface area contributed by atoms with Crippen LogP contribution in [0.4, 0.5) is 5.69 Å². The Balaban J connectivity index is 1.86. The minimum Gasteiger partial charge on any atom is -0.494 e. The van der Waals surface area contributed by atoms with E-state index >= 15 is 0 Å². The van der Waals surface area contributed by atoms with E-state index in [1.54, 1.807) is 36.4 Å². The zero-order valence-corrected chi connectivity index (χ0v) is 17.0. The number of aryl methyl sites for hydroxylation is 1. The van der Waals surface area contributed by atoms with Gasteiger partial charge in [-0.05, 0) is 67.4 Å². The van der Waals surface area contributed by atoms with Gasteiger partial charge in [0.15, 0.2) is 0 Å². The lowest BCUT2D eigenvalue weighted by molar-refractivity contribution is -0.113. The first-order valence-electron chi connectivity index (χ1n) is 9.74. The zero-order chi connectivity index (χ0) is 21.3. The lowest BCUT2D eigenvalue weighted by Gasteiger charge is -2.12. The third-order valence-electron chi connectivity index (χ3n) is 4.31. The third kappa shape index (κ3) is 5.82. The van der Waals surface area contributed by atoms with Crippen molar-refractivity contribution in [3.05, 3.63) is 101 Å². The van der Waals surface area contributed by atoms with Crippen LogP contribution < -0.4 is 15.4 Å². The van der Waals surface area contributed by atoms with Gasteiger partial charge in [0.1, 0.15) is 11.4 Å². The molecule has 152 valence electrons. The second-order valence-corrected chi connectivity index (χ2v) is 6.70. The normalized spacial score (nSPS) is 10.9. The van der Waals surface area contributed by atoms with Gasteiger partial charge in [-0.15, -0.1) is 0 Å². The standard InChI is InChI=1S/C25H24N2O3/c1-3-30-22-14-12-19(13-15-22)17-23(27-24(28)20-9-5-4-6-10-20)25(29)26-21-11-7-8-18(2)16-21/h4-17H,3H2,1-2H3,(H,26,29)(H,27,28)/b23-17-. The van der Waals surface area contributed by atoms with Gasteiger partial charge in [0.2, 0.25) is 0 Å². The minimum atomic E-state index is -0.404. The molecular weight excluding hydrogens is 376 g/mol. The molecule has 0 aromatic heterocycles. The van der Waals surface area contributed by atoms with Gasteiger partial charge in [-0.25, -0.2) is 0 Å². The summed E-state index contributed by atoms with van der Waals surface area (Å²) >= 11 is 0. The SMILES string of the molecule is CCOc1ccc(/C=C(\NC(=O)c2ccccc2)C(=O)Nc2cccc(C)c2)cc1. The molecule has 0 spiro atoms. The second kappa shape index (κ2) is 10.1. The molecule has 0 aliphatic heterocycles. The Morgan fingerprint density at radius 2 is 1.67 bits per heavy atom. The lowest BCUT2D eigenvalue weighted by atomic mass is 10.1. The Morgan fingerprint density at radius 1 is 0.933 bits per heavy atom. The van der Waals surface area contributed by atoms with Gasteiger partial charge in [0.05, 0.1) is 6.61 Å². The maximum atomic E-state index is 12.9. The van der Waals surface area contributed by atoms with E-state index in [-0.39, 0.29) is 11.6 Å². The molecule has 30 heavy (non-hydrogen) atoms. The number of carbonyl (C=O) groups is 2. The number of rotatable bonds is 7. The van der Waals surface area contributed by atoms with Crippen molar-refractivity contribution in [2.75, 3.05) is 11.9 Å². The fraction of sp³-hybridized carbons (Fsp3) is 0.120. The monoisotopic (exact) mass is 400 g/mol. The molecule has 5 heteroatoms. The molecule has 0 saturated carbocycles. The van der Waals surface area contributed by atoms with E-state index in [0.29, 0.717) is 17.9 Å². The Hall–Kier alpha value is -3.86. The van der Waals surface area contributed by atoms with Crippen molar-refractivity contribution >= 4 is 23.6 Å². The summed E-state index contributed by atoms with van der Waals surface area (Å²) in [6.07, 6.45) is 1.64. The van der Waals surface area contributed by atoms with Gasteiger partial charge in [0.25, 0.3) is 11.8 Å². The number of hydrogen-bond donors (Lipinski definition) is 2. The van der Waals surface area contributed by atoms with Crippen LogP contribution in [-0.2, 0) is 4.79 Å². The van der Waals surface area contributed by atoms with Gasteiger partial charge >= 0.3 is 0 Å². The molecule has 0 saturated heterocycles. The Bertz CT molecular complexity index is 1040. The van der Waals surface area contributed by atoms with Crippen LogP contribution in [0.15, 0.2) is 84.6 Å². The van der Waals surface area contributed by atoms with E-state index in [2.05, 4.69) is 10.6 Å². The van der Waals surface area contributed by atoms with Crippen molar-refractivity contribution in [1.82, 2.24) is 5.32 Å². The molecule has 2 amide bonds. The summed E-state index contributed by atoms with van der Waals surface area (Å²) in [5, 5.41) is 5.58. The highest BCUT2D eigenvalue weighted by Gasteiger charge is 2.15. The topological polar surface area (TPSA) is 67.4 Å². The average molecular weight is 400 g/mol. The van der Waals surface area contributed by atoms with Crippen LogP contribution in [0.5, 0.6) is 5.75 Å². The molecule has 3 aromatic rings. The van der Waals surface area contributed by atoms with Gasteiger partial charge in [0, 0.05) is 11.3 Å². The number of benzene rings is 3. The van der Waals surface area contributed by atoms with E-state index in [4.69, 9.17) is 4.74 Å². The van der Waals surface area contributed by atoms with Crippen LogP contribution in [0.3, 0.4) is 0 Å². The molecule has 0 aliphatic carbocycles. The summed E-state index contributed by atoms with van der Waals surface area (Å²) in [5.41, 5.74) is 3.07.